The van der Waals surface area contributed by atoms with Gasteiger partial charge in [0.05, 0.1) is 22.4 Å². The summed E-state index contributed by atoms with van der Waals surface area (Å²) in [5.74, 6) is 0. The quantitative estimate of drug-likeness (QED) is 0.167. The normalized spacial score (nSPS) is 11.9. The Bertz CT molecular complexity index is 3820. The van der Waals surface area contributed by atoms with E-state index in [9.17, 15) is 0 Å². The zero-order valence-corrected chi connectivity index (χ0v) is 34.3. The third-order valence-corrected chi connectivity index (χ3v) is 13.8. The topological polar surface area (TPSA) is 21.3 Å². The van der Waals surface area contributed by atoms with E-state index in [0.717, 1.165) is 61.2 Å². The number of anilines is 3. The van der Waals surface area contributed by atoms with Gasteiger partial charge in [-0.2, -0.15) is 0 Å². The Balaban J connectivity index is 0.986. The van der Waals surface area contributed by atoms with Crippen LogP contribution in [0.4, 0.5) is 17.1 Å². The summed E-state index contributed by atoms with van der Waals surface area (Å²) in [6, 6.07) is 79.1. The molecule has 0 atom stereocenters. The molecule has 0 fully saturated rings. The van der Waals surface area contributed by atoms with Crippen LogP contribution in [-0.4, -0.2) is 4.57 Å². The highest BCUT2D eigenvalue weighted by molar-refractivity contribution is 7.26. The molecule has 10 aromatic carbocycles. The fourth-order valence-electron chi connectivity index (χ4n) is 9.80. The minimum atomic E-state index is 0.895. The van der Waals surface area contributed by atoms with Crippen LogP contribution in [0.5, 0.6) is 0 Å². The van der Waals surface area contributed by atoms with Crippen LogP contribution in [-0.2, 0) is 0 Å². The Morgan fingerprint density at radius 3 is 1.74 bits per heavy atom. The van der Waals surface area contributed by atoms with Crippen molar-refractivity contribution in [1.29, 1.82) is 0 Å². The van der Waals surface area contributed by atoms with Crippen molar-refractivity contribution in [3.05, 3.63) is 218 Å². The Hall–Kier alpha value is -7.92. The van der Waals surface area contributed by atoms with E-state index in [1.807, 2.05) is 11.3 Å². The van der Waals surface area contributed by atoms with Gasteiger partial charge in [-0.1, -0.05) is 152 Å². The van der Waals surface area contributed by atoms with Gasteiger partial charge >= 0.3 is 0 Å². The first-order chi connectivity index (χ1) is 30.8. The number of aromatic nitrogens is 1. The Labute approximate surface area is 361 Å². The smallest absolute Gasteiger partial charge is 0.143 e. The van der Waals surface area contributed by atoms with Crippen LogP contribution >= 0.6 is 11.3 Å². The predicted octanol–water partition coefficient (Wildman–Crippen LogP) is 17.0. The van der Waals surface area contributed by atoms with Gasteiger partial charge in [-0.05, 0) is 94.4 Å². The summed E-state index contributed by atoms with van der Waals surface area (Å²) in [7, 11) is 0. The zero-order valence-electron chi connectivity index (χ0n) is 33.5. The predicted molar refractivity (Wildman–Crippen MR) is 264 cm³/mol. The molecule has 0 amide bonds. The Kier molecular flexibility index (Phi) is 7.78. The maximum absolute atomic E-state index is 6.59. The number of hydrogen-bond acceptors (Lipinski definition) is 3. The molecular formula is C58H36N2OS. The largest absolute Gasteiger partial charge is 0.455 e. The van der Waals surface area contributed by atoms with Crippen LogP contribution in [0.15, 0.2) is 223 Å². The molecule has 0 aliphatic carbocycles. The molecule has 0 bridgehead atoms. The lowest BCUT2D eigenvalue weighted by atomic mass is 9.98. The van der Waals surface area contributed by atoms with Crippen molar-refractivity contribution in [2.75, 3.05) is 4.90 Å². The van der Waals surface area contributed by atoms with E-state index >= 15 is 0 Å². The molecule has 0 aliphatic rings. The summed E-state index contributed by atoms with van der Waals surface area (Å²) >= 11 is 1.87. The molecule has 3 aromatic heterocycles. The van der Waals surface area contributed by atoms with Crippen LogP contribution in [0.3, 0.4) is 0 Å². The number of para-hydroxylation sites is 4. The third kappa shape index (κ3) is 5.30. The third-order valence-electron chi connectivity index (χ3n) is 12.6. The molecule has 0 saturated heterocycles. The number of fused-ring (bicyclic) bond motifs is 11. The second-order valence-electron chi connectivity index (χ2n) is 16.0. The van der Waals surface area contributed by atoms with Crippen molar-refractivity contribution in [2.45, 2.75) is 0 Å². The highest BCUT2D eigenvalue weighted by Gasteiger charge is 2.22. The second kappa shape index (κ2) is 13.8. The van der Waals surface area contributed by atoms with Gasteiger partial charge in [-0.15, -0.1) is 11.3 Å². The number of hydrogen-bond donors (Lipinski definition) is 0. The van der Waals surface area contributed by atoms with Gasteiger partial charge in [0.25, 0.3) is 0 Å². The summed E-state index contributed by atoms with van der Waals surface area (Å²) < 4.78 is 11.6. The molecule has 3 heterocycles. The van der Waals surface area contributed by atoms with Crippen LogP contribution < -0.4 is 4.90 Å². The Morgan fingerprint density at radius 1 is 0.403 bits per heavy atom. The SMILES string of the molecule is c1ccc(-n2c3ccccc3c3ccccc32)c(N(c2ccc(-c3cccc4c3sc3ccccc34)cc2)c2ccc(-c3cccc4oc5c6ccccc6ccc5c34)cc2)c1. The molecule has 0 aliphatic heterocycles. The summed E-state index contributed by atoms with van der Waals surface area (Å²) in [6.45, 7) is 0. The van der Waals surface area contributed by atoms with Crippen LogP contribution in [0.25, 0.3) is 103 Å². The van der Waals surface area contributed by atoms with Crippen molar-refractivity contribution in [3.63, 3.8) is 0 Å². The lowest BCUT2D eigenvalue weighted by molar-refractivity contribution is 0.673. The molecule has 290 valence electrons. The first kappa shape index (κ1) is 34.9. The number of rotatable bonds is 6. The van der Waals surface area contributed by atoms with Gasteiger partial charge in [0.15, 0.2) is 0 Å². The van der Waals surface area contributed by atoms with E-state index in [1.54, 1.807) is 0 Å². The zero-order chi connectivity index (χ0) is 40.7. The lowest BCUT2D eigenvalue weighted by Crippen LogP contribution is -2.13. The maximum Gasteiger partial charge on any atom is 0.143 e. The van der Waals surface area contributed by atoms with E-state index in [2.05, 4.69) is 228 Å². The van der Waals surface area contributed by atoms with Gasteiger partial charge in [0.2, 0.25) is 0 Å². The van der Waals surface area contributed by atoms with Crippen LogP contribution in [0.2, 0.25) is 0 Å². The molecule has 3 nitrogen and oxygen atoms in total. The van der Waals surface area contributed by atoms with E-state index < -0.39 is 0 Å². The number of nitrogens with zero attached hydrogens (tertiary/aromatic N) is 2. The van der Waals surface area contributed by atoms with Gasteiger partial charge in [-0.3, -0.25) is 0 Å². The molecule has 0 spiro atoms. The van der Waals surface area contributed by atoms with Gasteiger partial charge < -0.3 is 13.9 Å². The number of furan rings is 1. The minimum Gasteiger partial charge on any atom is -0.455 e. The molecule has 0 saturated carbocycles. The second-order valence-corrected chi connectivity index (χ2v) is 17.1. The van der Waals surface area contributed by atoms with Crippen molar-refractivity contribution < 1.29 is 4.42 Å². The van der Waals surface area contributed by atoms with Crippen molar-refractivity contribution in [3.8, 4) is 27.9 Å². The van der Waals surface area contributed by atoms with E-state index in [-0.39, 0.29) is 0 Å². The molecule has 4 heteroatoms. The fraction of sp³-hybridized carbons (Fsp3) is 0. The molecule has 13 rings (SSSR count). The highest BCUT2D eigenvalue weighted by atomic mass is 32.1. The number of benzene rings is 10. The lowest BCUT2D eigenvalue weighted by Gasteiger charge is -2.28. The average molecular weight is 809 g/mol. The molecule has 62 heavy (non-hydrogen) atoms. The van der Waals surface area contributed by atoms with E-state index in [4.69, 9.17) is 4.42 Å². The van der Waals surface area contributed by atoms with Gasteiger partial charge in [0, 0.05) is 58.5 Å². The summed E-state index contributed by atoms with van der Waals surface area (Å²) in [6.07, 6.45) is 0. The van der Waals surface area contributed by atoms with E-state index in [1.165, 1.54) is 58.5 Å². The maximum atomic E-state index is 6.59. The van der Waals surface area contributed by atoms with Gasteiger partial charge in [0.1, 0.15) is 11.2 Å². The molecular weight excluding hydrogens is 773 g/mol. The monoisotopic (exact) mass is 808 g/mol. The fourth-order valence-corrected chi connectivity index (χ4v) is 11.0. The van der Waals surface area contributed by atoms with Gasteiger partial charge in [-0.25, -0.2) is 0 Å². The average Bonchev–Trinajstić information content (AvgIpc) is 4.03. The van der Waals surface area contributed by atoms with E-state index in [0.29, 0.717) is 0 Å². The van der Waals surface area contributed by atoms with Crippen molar-refractivity contribution >= 4 is 103 Å². The van der Waals surface area contributed by atoms with Crippen LogP contribution in [0.1, 0.15) is 0 Å². The molecule has 0 radical (unpaired) electrons. The summed E-state index contributed by atoms with van der Waals surface area (Å²) in [4.78, 5) is 2.41. The van der Waals surface area contributed by atoms with Crippen LogP contribution in [0, 0.1) is 0 Å². The summed E-state index contributed by atoms with van der Waals surface area (Å²) in [5, 5.41) is 9.67. The van der Waals surface area contributed by atoms with Crippen molar-refractivity contribution in [1.82, 2.24) is 4.57 Å². The number of thiophene rings is 1. The standard InChI is InChI=1S/C58H36N2OS/c1-2-14-43-37(13-1)31-36-49-56-42(18-12-25-54(56)61-57(43)49)38-27-32-40(33-28-38)59(41-34-29-39(30-35-41)44-19-11-20-48-47-17-5-10-26-55(47)62-58(44)48)52-23-8-9-24-53(52)60-50-21-6-3-15-45(50)46-16-4-7-22-51(46)60/h1-36H. The highest BCUT2D eigenvalue weighted by Crippen LogP contribution is 2.45. The Morgan fingerprint density at radius 2 is 0.984 bits per heavy atom. The first-order valence-electron chi connectivity index (χ1n) is 21.1. The minimum absolute atomic E-state index is 0.895. The van der Waals surface area contributed by atoms with Crippen molar-refractivity contribution in [2.24, 2.45) is 0 Å². The first-order valence-corrected chi connectivity index (χ1v) is 21.9. The molecule has 0 unspecified atom stereocenters. The molecule has 0 N–H and O–H groups in total. The summed E-state index contributed by atoms with van der Waals surface area (Å²) in [5.41, 5.74) is 13.3. The molecule has 13 aromatic rings.